The predicted molar refractivity (Wildman–Crippen MR) is 134 cm³/mol. The lowest BCUT2D eigenvalue weighted by Crippen LogP contribution is -2.19. The number of carbonyl (C=O) groups excluding carboxylic acids is 1. The molecule has 0 aliphatic carbocycles. The van der Waals surface area contributed by atoms with E-state index >= 15 is 0 Å². The highest BCUT2D eigenvalue weighted by Crippen LogP contribution is 2.28. The molecule has 5 nitrogen and oxygen atoms in total. The van der Waals surface area contributed by atoms with Crippen molar-refractivity contribution in [3.8, 4) is 11.3 Å². The number of amides is 1. The number of aromatic nitrogens is 2. The van der Waals surface area contributed by atoms with Crippen LogP contribution >= 0.6 is 0 Å². The Morgan fingerprint density at radius 1 is 0.886 bits per heavy atom. The van der Waals surface area contributed by atoms with E-state index in [0.29, 0.717) is 16.8 Å². The van der Waals surface area contributed by atoms with Crippen LogP contribution in [0.2, 0.25) is 0 Å². The summed E-state index contributed by atoms with van der Waals surface area (Å²) in [7, 11) is 0. The van der Waals surface area contributed by atoms with Crippen molar-refractivity contribution in [1.29, 1.82) is 0 Å². The monoisotopic (exact) mass is 463 g/mol. The highest BCUT2D eigenvalue weighted by Gasteiger charge is 2.20. The smallest absolute Gasteiger partial charge is 0.229 e. The van der Waals surface area contributed by atoms with Gasteiger partial charge in [0.1, 0.15) is 17.6 Å². The molecule has 0 aliphatic heterocycles. The number of carbonyl (C=O) groups is 1. The van der Waals surface area contributed by atoms with Crippen LogP contribution in [0.5, 0.6) is 0 Å². The van der Waals surface area contributed by atoms with E-state index in [1.165, 1.54) is 18.3 Å². The lowest BCUT2D eigenvalue weighted by molar-refractivity contribution is -0.115. The molecule has 0 aliphatic rings. The normalized spacial score (nSPS) is 11.8. The van der Waals surface area contributed by atoms with Crippen LogP contribution in [0.25, 0.3) is 22.0 Å². The standard InChI is InChI=1S/C29H22FN3O2/c30-24-14-12-21(13-15-24)25-18-31-29(27(32-25)28(35)22-7-2-1-3-8-22)33-26(34)17-19-10-11-20-6-4-5-9-23(20)16-19/h1-16,18,28,35H,17H2,(H,31,33,34). The molecule has 1 atom stereocenters. The summed E-state index contributed by atoms with van der Waals surface area (Å²) in [5.41, 5.74) is 2.80. The van der Waals surface area contributed by atoms with E-state index in [1.54, 1.807) is 24.3 Å². The molecule has 0 radical (unpaired) electrons. The third kappa shape index (κ3) is 5.08. The Balaban J connectivity index is 1.45. The Labute approximate surface area is 201 Å². The Bertz CT molecular complexity index is 1490. The summed E-state index contributed by atoms with van der Waals surface area (Å²) in [5, 5.41) is 16.1. The van der Waals surface area contributed by atoms with Crippen molar-refractivity contribution < 1.29 is 14.3 Å². The number of benzene rings is 4. The fraction of sp³-hybridized carbons (Fsp3) is 0.0690. The first-order valence-electron chi connectivity index (χ1n) is 11.2. The van der Waals surface area contributed by atoms with Gasteiger partial charge < -0.3 is 10.4 Å². The summed E-state index contributed by atoms with van der Waals surface area (Å²) >= 11 is 0. The molecule has 0 spiro atoms. The molecular weight excluding hydrogens is 441 g/mol. The number of fused-ring (bicyclic) bond motifs is 1. The zero-order chi connectivity index (χ0) is 24.2. The first-order chi connectivity index (χ1) is 17.1. The highest BCUT2D eigenvalue weighted by atomic mass is 19.1. The van der Waals surface area contributed by atoms with Gasteiger partial charge in [-0.15, -0.1) is 0 Å². The van der Waals surface area contributed by atoms with Crippen LogP contribution in [0.4, 0.5) is 10.2 Å². The van der Waals surface area contributed by atoms with E-state index in [1.807, 2.05) is 60.7 Å². The number of rotatable bonds is 6. The van der Waals surface area contributed by atoms with E-state index in [2.05, 4.69) is 15.3 Å². The number of hydrogen-bond donors (Lipinski definition) is 2. The minimum Gasteiger partial charge on any atom is -0.382 e. The number of aliphatic hydroxyl groups excluding tert-OH is 1. The third-order valence-corrected chi connectivity index (χ3v) is 5.75. The van der Waals surface area contributed by atoms with E-state index in [-0.39, 0.29) is 29.7 Å². The fourth-order valence-corrected chi connectivity index (χ4v) is 3.95. The molecule has 172 valence electrons. The van der Waals surface area contributed by atoms with E-state index in [9.17, 15) is 14.3 Å². The quantitative estimate of drug-likeness (QED) is 0.339. The van der Waals surface area contributed by atoms with Crippen molar-refractivity contribution in [2.24, 2.45) is 0 Å². The predicted octanol–water partition coefficient (Wildman–Crippen LogP) is 5.70. The van der Waals surface area contributed by atoms with Crippen LogP contribution in [0.3, 0.4) is 0 Å². The third-order valence-electron chi connectivity index (χ3n) is 5.75. The van der Waals surface area contributed by atoms with Gasteiger partial charge in [0.05, 0.1) is 18.3 Å². The van der Waals surface area contributed by atoms with Gasteiger partial charge in [-0.25, -0.2) is 14.4 Å². The van der Waals surface area contributed by atoms with Crippen molar-refractivity contribution in [2.45, 2.75) is 12.5 Å². The molecule has 0 fully saturated rings. The molecule has 2 N–H and O–H groups in total. The maximum atomic E-state index is 13.4. The number of aliphatic hydroxyl groups is 1. The summed E-state index contributed by atoms with van der Waals surface area (Å²) in [5.74, 6) is -0.451. The first-order valence-corrected chi connectivity index (χ1v) is 11.2. The number of halogens is 1. The van der Waals surface area contributed by atoms with Gasteiger partial charge in [0.15, 0.2) is 5.82 Å². The summed E-state index contributed by atoms with van der Waals surface area (Å²) in [6.45, 7) is 0. The van der Waals surface area contributed by atoms with Crippen LogP contribution in [0.1, 0.15) is 22.9 Å². The molecule has 6 heteroatoms. The molecule has 4 aromatic carbocycles. The Morgan fingerprint density at radius 3 is 2.37 bits per heavy atom. The number of anilines is 1. The second-order valence-electron chi connectivity index (χ2n) is 8.22. The molecule has 1 aromatic heterocycles. The van der Waals surface area contributed by atoms with Crippen molar-refractivity contribution in [1.82, 2.24) is 9.97 Å². The Kier molecular flexibility index (Phi) is 6.28. The summed E-state index contributed by atoms with van der Waals surface area (Å²) < 4.78 is 13.4. The summed E-state index contributed by atoms with van der Waals surface area (Å²) in [6.07, 6.45) is 0.535. The number of nitrogens with zero attached hydrogens (tertiary/aromatic N) is 2. The largest absolute Gasteiger partial charge is 0.382 e. The molecule has 1 unspecified atom stereocenters. The van der Waals surface area contributed by atoms with Gasteiger partial charge in [-0.2, -0.15) is 0 Å². The van der Waals surface area contributed by atoms with E-state index in [4.69, 9.17) is 0 Å². The molecule has 5 rings (SSSR count). The maximum absolute atomic E-state index is 13.4. The van der Waals surface area contributed by atoms with Crippen molar-refractivity contribution in [3.63, 3.8) is 0 Å². The van der Waals surface area contributed by atoms with Crippen molar-refractivity contribution in [3.05, 3.63) is 126 Å². The molecule has 0 bridgehead atoms. The van der Waals surface area contributed by atoms with Crippen LogP contribution in [-0.2, 0) is 11.2 Å². The van der Waals surface area contributed by atoms with Gasteiger partial charge in [0, 0.05) is 5.56 Å². The summed E-state index contributed by atoms with van der Waals surface area (Å²) in [6, 6.07) is 28.7. The second-order valence-corrected chi connectivity index (χ2v) is 8.22. The number of hydrogen-bond acceptors (Lipinski definition) is 4. The van der Waals surface area contributed by atoms with Gasteiger partial charge in [0.25, 0.3) is 0 Å². The topological polar surface area (TPSA) is 75.1 Å². The number of nitrogens with one attached hydrogen (secondary N) is 1. The van der Waals surface area contributed by atoms with Crippen LogP contribution in [-0.4, -0.2) is 21.0 Å². The van der Waals surface area contributed by atoms with Crippen LogP contribution in [0.15, 0.2) is 103 Å². The minimum atomic E-state index is -1.11. The average Bonchev–Trinajstić information content (AvgIpc) is 2.89. The van der Waals surface area contributed by atoms with Gasteiger partial charge in [-0.3, -0.25) is 4.79 Å². The average molecular weight is 464 g/mol. The molecule has 0 saturated heterocycles. The first kappa shape index (κ1) is 22.4. The molecule has 1 heterocycles. The molecule has 35 heavy (non-hydrogen) atoms. The van der Waals surface area contributed by atoms with Crippen LogP contribution < -0.4 is 5.32 Å². The van der Waals surface area contributed by atoms with Gasteiger partial charge in [-0.1, -0.05) is 72.8 Å². The lowest BCUT2D eigenvalue weighted by Gasteiger charge is -2.16. The van der Waals surface area contributed by atoms with Crippen molar-refractivity contribution >= 4 is 22.5 Å². The maximum Gasteiger partial charge on any atom is 0.229 e. The molecule has 5 aromatic rings. The molecular formula is C29H22FN3O2. The summed E-state index contributed by atoms with van der Waals surface area (Å²) in [4.78, 5) is 21.9. The van der Waals surface area contributed by atoms with Gasteiger partial charge in [0.2, 0.25) is 5.91 Å². The Morgan fingerprint density at radius 2 is 1.60 bits per heavy atom. The lowest BCUT2D eigenvalue weighted by atomic mass is 10.0. The second kappa shape index (κ2) is 9.83. The van der Waals surface area contributed by atoms with Crippen LogP contribution in [0, 0.1) is 5.82 Å². The zero-order valence-electron chi connectivity index (χ0n) is 18.7. The van der Waals surface area contributed by atoms with E-state index < -0.39 is 6.10 Å². The fourth-order valence-electron chi connectivity index (χ4n) is 3.95. The SMILES string of the molecule is O=C(Cc1ccc2ccccc2c1)Nc1ncc(-c2ccc(F)cc2)nc1C(O)c1ccccc1. The van der Waals surface area contributed by atoms with Gasteiger partial charge in [-0.05, 0) is 46.2 Å². The van der Waals surface area contributed by atoms with E-state index in [0.717, 1.165) is 16.3 Å². The minimum absolute atomic E-state index is 0.146. The molecule has 1 amide bonds. The molecule has 0 saturated carbocycles. The Hall–Kier alpha value is -4.42. The van der Waals surface area contributed by atoms with Gasteiger partial charge >= 0.3 is 0 Å². The zero-order valence-corrected chi connectivity index (χ0v) is 18.7. The van der Waals surface area contributed by atoms with Crippen molar-refractivity contribution in [2.75, 3.05) is 5.32 Å². The highest BCUT2D eigenvalue weighted by molar-refractivity contribution is 5.93.